The Morgan fingerprint density at radius 3 is 2.87 bits per heavy atom. The molecule has 0 radical (unpaired) electrons. The Balaban J connectivity index is 1.89. The van der Waals surface area contributed by atoms with Gasteiger partial charge in [-0.1, -0.05) is 36.3 Å². The van der Waals surface area contributed by atoms with E-state index in [-0.39, 0.29) is 17.8 Å². The molecule has 0 amide bonds. The molecular weight excluding hydrogens is 374 g/mol. The standard InChI is InChI=1S/C26H33NO3/c1-6-11-20-22(8-3)30-25-23(20)24(28)19(21(12-7-2)26(25,4)5)14-10-16-29-18-13-9-15-27-17-18/h3,6-7,10-11,14,18,20,22,27H,2,9,12-13,15-17H2,1,4-5H3/b11-6?,14-10-. The third kappa shape index (κ3) is 4.24. The second kappa shape index (κ2) is 9.64. The van der Waals surface area contributed by atoms with E-state index in [9.17, 15) is 4.79 Å². The van der Waals surface area contributed by atoms with Gasteiger partial charge < -0.3 is 14.8 Å². The van der Waals surface area contributed by atoms with Gasteiger partial charge in [-0.3, -0.25) is 4.79 Å². The van der Waals surface area contributed by atoms with E-state index in [1.54, 1.807) is 0 Å². The van der Waals surface area contributed by atoms with Crippen molar-refractivity contribution in [1.82, 2.24) is 5.32 Å². The molecule has 3 atom stereocenters. The molecule has 4 nitrogen and oxygen atoms in total. The van der Waals surface area contributed by atoms with Crippen LogP contribution in [0.15, 0.2) is 59.4 Å². The van der Waals surface area contributed by atoms with Gasteiger partial charge in [0.2, 0.25) is 0 Å². The minimum Gasteiger partial charge on any atom is -0.480 e. The first-order valence-electron chi connectivity index (χ1n) is 10.8. The summed E-state index contributed by atoms with van der Waals surface area (Å²) in [6.45, 7) is 12.4. The van der Waals surface area contributed by atoms with Crippen LogP contribution in [0.4, 0.5) is 0 Å². The Labute approximate surface area is 180 Å². The van der Waals surface area contributed by atoms with E-state index in [4.69, 9.17) is 15.9 Å². The normalized spacial score (nSPS) is 28.7. The van der Waals surface area contributed by atoms with Gasteiger partial charge in [0, 0.05) is 17.5 Å². The van der Waals surface area contributed by atoms with Crippen molar-refractivity contribution in [3.8, 4) is 12.3 Å². The highest BCUT2D eigenvalue weighted by Crippen LogP contribution is 2.51. The van der Waals surface area contributed by atoms with Gasteiger partial charge in [0.15, 0.2) is 11.9 Å². The zero-order valence-corrected chi connectivity index (χ0v) is 18.4. The minimum absolute atomic E-state index is 0.00221. The van der Waals surface area contributed by atoms with Gasteiger partial charge in [-0.25, -0.2) is 0 Å². The van der Waals surface area contributed by atoms with Gasteiger partial charge in [0.05, 0.1) is 24.2 Å². The Morgan fingerprint density at radius 1 is 1.43 bits per heavy atom. The summed E-state index contributed by atoms with van der Waals surface area (Å²) in [5, 5.41) is 3.35. The van der Waals surface area contributed by atoms with Gasteiger partial charge in [-0.2, -0.15) is 0 Å². The number of carbonyl (C=O) groups is 1. The van der Waals surface area contributed by atoms with Crippen LogP contribution in [0.25, 0.3) is 0 Å². The average molecular weight is 408 g/mol. The number of carbonyl (C=O) groups excluding carboxylic acids is 1. The summed E-state index contributed by atoms with van der Waals surface area (Å²) < 4.78 is 12.1. The molecule has 3 rings (SSSR count). The molecule has 4 heteroatoms. The molecule has 160 valence electrons. The highest BCUT2D eigenvalue weighted by Gasteiger charge is 2.49. The van der Waals surface area contributed by atoms with E-state index in [0.717, 1.165) is 31.5 Å². The van der Waals surface area contributed by atoms with Crippen LogP contribution < -0.4 is 5.32 Å². The molecule has 2 heterocycles. The number of piperidine rings is 1. The number of hydrogen-bond acceptors (Lipinski definition) is 4. The zero-order chi connectivity index (χ0) is 21.7. The monoisotopic (exact) mass is 407 g/mol. The lowest BCUT2D eigenvalue weighted by atomic mass is 9.69. The van der Waals surface area contributed by atoms with Gasteiger partial charge in [-0.05, 0) is 52.2 Å². The van der Waals surface area contributed by atoms with Gasteiger partial charge in [0.1, 0.15) is 5.76 Å². The van der Waals surface area contributed by atoms with Crippen LogP contribution in [0.2, 0.25) is 0 Å². The van der Waals surface area contributed by atoms with Crippen LogP contribution in [0.1, 0.15) is 40.0 Å². The van der Waals surface area contributed by atoms with Crippen LogP contribution >= 0.6 is 0 Å². The third-order valence-electron chi connectivity index (χ3n) is 6.16. The fourth-order valence-electron chi connectivity index (χ4n) is 4.61. The molecule has 3 aliphatic rings. The summed E-state index contributed by atoms with van der Waals surface area (Å²) in [7, 11) is 0. The molecule has 0 bridgehead atoms. The van der Waals surface area contributed by atoms with E-state index >= 15 is 0 Å². The highest BCUT2D eigenvalue weighted by atomic mass is 16.5. The number of rotatable bonds is 7. The first kappa shape index (κ1) is 22.3. The third-order valence-corrected chi connectivity index (χ3v) is 6.16. The van der Waals surface area contributed by atoms with E-state index < -0.39 is 11.5 Å². The summed E-state index contributed by atoms with van der Waals surface area (Å²) in [5.41, 5.74) is 1.97. The topological polar surface area (TPSA) is 47.6 Å². The molecule has 1 saturated heterocycles. The Hall–Kier alpha value is -2.35. The van der Waals surface area contributed by atoms with Crippen molar-refractivity contribution in [2.45, 2.75) is 52.2 Å². The predicted octanol–water partition coefficient (Wildman–Crippen LogP) is 4.27. The Morgan fingerprint density at radius 2 is 2.23 bits per heavy atom. The zero-order valence-electron chi connectivity index (χ0n) is 18.4. The van der Waals surface area contributed by atoms with Crippen LogP contribution in [-0.4, -0.2) is 37.7 Å². The molecule has 1 aliphatic carbocycles. The molecule has 1 N–H and O–H groups in total. The van der Waals surface area contributed by atoms with Gasteiger partial charge in [-0.15, -0.1) is 13.0 Å². The fourth-order valence-corrected chi connectivity index (χ4v) is 4.61. The second-order valence-corrected chi connectivity index (χ2v) is 8.54. The molecule has 2 aliphatic heterocycles. The summed E-state index contributed by atoms with van der Waals surface area (Å²) in [6.07, 6.45) is 17.9. The minimum atomic E-state index is -0.454. The first-order valence-corrected chi connectivity index (χ1v) is 10.8. The molecule has 0 saturated carbocycles. The van der Waals surface area contributed by atoms with Crippen molar-refractivity contribution >= 4 is 5.78 Å². The molecule has 0 spiro atoms. The lowest BCUT2D eigenvalue weighted by molar-refractivity contribution is -0.112. The number of hydrogen-bond donors (Lipinski definition) is 1. The smallest absolute Gasteiger partial charge is 0.193 e. The van der Waals surface area contributed by atoms with Gasteiger partial charge in [0.25, 0.3) is 0 Å². The number of terminal acetylenes is 1. The summed E-state index contributed by atoms with van der Waals surface area (Å²) in [6, 6.07) is 0. The van der Waals surface area contributed by atoms with Crippen molar-refractivity contribution in [1.29, 1.82) is 0 Å². The van der Waals surface area contributed by atoms with Crippen molar-refractivity contribution in [3.63, 3.8) is 0 Å². The van der Waals surface area contributed by atoms with Crippen LogP contribution in [0.5, 0.6) is 0 Å². The second-order valence-electron chi connectivity index (χ2n) is 8.54. The highest BCUT2D eigenvalue weighted by molar-refractivity contribution is 6.13. The molecule has 3 unspecified atom stereocenters. The van der Waals surface area contributed by atoms with Crippen LogP contribution in [0, 0.1) is 23.7 Å². The maximum absolute atomic E-state index is 13.6. The average Bonchev–Trinajstić information content (AvgIpc) is 3.12. The number of nitrogens with one attached hydrogen (secondary N) is 1. The predicted molar refractivity (Wildman–Crippen MR) is 121 cm³/mol. The number of ketones is 1. The number of Topliss-reactive ketones (excluding diaryl/α,β-unsaturated/α-hetero) is 1. The largest absolute Gasteiger partial charge is 0.480 e. The summed E-state index contributed by atoms with van der Waals surface area (Å²) in [5.74, 6) is 3.20. The molecular formula is C26H33NO3. The SMILES string of the molecule is C#CC1OC2=C(C(=O)C(/C=C\COC3CCCNC3)=C(CC=C)C2(C)C)C1C=CC. The lowest BCUT2D eigenvalue weighted by Gasteiger charge is -2.34. The Kier molecular flexibility index (Phi) is 7.18. The number of allylic oxidation sites excluding steroid dienone is 5. The Bertz CT molecular complexity index is 844. The summed E-state index contributed by atoms with van der Waals surface area (Å²) in [4.78, 5) is 13.6. The van der Waals surface area contributed by atoms with E-state index in [1.165, 1.54) is 0 Å². The quantitative estimate of drug-likeness (QED) is 0.506. The molecule has 0 aromatic carbocycles. The summed E-state index contributed by atoms with van der Waals surface area (Å²) >= 11 is 0. The van der Waals surface area contributed by atoms with Crippen LogP contribution in [-0.2, 0) is 14.3 Å². The van der Waals surface area contributed by atoms with Crippen molar-refractivity contribution in [2.24, 2.45) is 11.3 Å². The van der Waals surface area contributed by atoms with E-state index in [2.05, 4.69) is 31.7 Å². The number of ether oxygens (including phenoxy) is 2. The molecule has 30 heavy (non-hydrogen) atoms. The fraction of sp³-hybridized carbons (Fsp3) is 0.500. The van der Waals surface area contributed by atoms with E-state index in [1.807, 2.05) is 37.3 Å². The van der Waals surface area contributed by atoms with Gasteiger partial charge >= 0.3 is 0 Å². The maximum Gasteiger partial charge on any atom is 0.193 e. The molecule has 0 aromatic heterocycles. The molecule has 1 fully saturated rings. The van der Waals surface area contributed by atoms with Crippen molar-refractivity contribution < 1.29 is 14.3 Å². The van der Waals surface area contributed by atoms with Crippen molar-refractivity contribution in [2.75, 3.05) is 19.7 Å². The molecule has 0 aromatic rings. The lowest BCUT2D eigenvalue weighted by Crippen LogP contribution is -2.35. The van der Waals surface area contributed by atoms with Crippen molar-refractivity contribution in [3.05, 3.63) is 59.4 Å². The van der Waals surface area contributed by atoms with E-state index in [0.29, 0.717) is 29.9 Å². The first-order chi connectivity index (χ1) is 14.5. The van der Waals surface area contributed by atoms with Crippen LogP contribution in [0.3, 0.4) is 0 Å². The maximum atomic E-state index is 13.6.